The van der Waals surface area contributed by atoms with E-state index in [0.29, 0.717) is 28.6 Å². The summed E-state index contributed by atoms with van der Waals surface area (Å²) in [4.78, 5) is 29.3. The Bertz CT molecular complexity index is 1070. The number of non-ortho nitro benzene ring substituents is 1. The Labute approximate surface area is 183 Å². The molecule has 1 unspecified atom stereocenters. The molecule has 0 bridgehead atoms. The van der Waals surface area contributed by atoms with Crippen LogP contribution in [-0.2, 0) is 9.53 Å². The van der Waals surface area contributed by atoms with Crippen LogP contribution in [0.2, 0.25) is 0 Å². The van der Waals surface area contributed by atoms with Gasteiger partial charge < -0.3 is 14.1 Å². The molecule has 1 aliphatic rings. The summed E-state index contributed by atoms with van der Waals surface area (Å²) in [5.74, 6) is 0.163. The number of hydrogen-bond acceptors (Lipinski definition) is 9. The molecular formula is C21H20N4O5S. The van der Waals surface area contributed by atoms with E-state index in [1.54, 1.807) is 31.2 Å². The molecule has 10 heteroatoms. The van der Waals surface area contributed by atoms with Crippen LogP contribution in [0.4, 0.5) is 5.69 Å². The van der Waals surface area contributed by atoms with Crippen LogP contribution in [0.5, 0.6) is 0 Å². The zero-order chi connectivity index (χ0) is 22.4. The first-order valence-corrected chi connectivity index (χ1v) is 10.5. The van der Waals surface area contributed by atoms with Crippen molar-refractivity contribution in [2.24, 2.45) is 4.99 Å². The molecular weight excluding hydrogens is 420 g/mol. The number of carbonyl (C=O) groups excluding carboxylic acids is 1. The Morgan fingerprint density at radius 1 is 1.39 bits per heavy atom. The molecule has 2 heterocycles. The summed E-state index contributed by atoms with van der Waals surface area (Å²) in [5, 5.41) is 21.8. The van der Waals surface area contributed by atoms with Gasteiger partial charge in [-0.25, -0.2) is 0 Å². The standard InChI is InChI=1S/C21H20N4O5S/c1-3-24-20(17-9-6-10-30-17)23-19(14-7-5-8-15(11-14)25(27)28)16(12-22)21(24)31-13-18(26)29-4-2/h5-11,20H,3-4,13H2,1-2H3. The molecule has 0 spiro atoms. The lowest BCUT2D eigenvalue weighted by Crippen LogP contribution is -2.33. The molecule has 0 fully saturated rings. The minimum atomic E-state index is -0.587. The summed E-state index contributed by atoms with van der Waals surface area (Å²) < 4.78 is 10.6. The van der Waals surface area contributed by atoms with Crippen LogP contribution in [0.3, 0.4) is 0 Å². The molecule has 1 atom stereocenters. The molecule has 0 aliphatic carbocycles. The van der Waals surface area contributed by atoms with E-state index in [1.165, 1.54) is 30.2 Å². The lowest BCUT2D eigenvalue weighted by Gasteiger charge is -2.35. The van der Waals surface area contributed by atoms with Gasteiger partial charge in [-0.05, 0) is 26.0 Å². The van der Waals surface area contributed by atoms with Crippen molar-refractivity contribution in [3.63, 3.8) is 0 Å². The van der Waals surface area contributed by atoms with Crippen LogP contribution in [0.15, 0.2) is 62.7 Å². The number of nitrogens with zero attached hydrogens (tertiary/aromatic N) is 4. The van der Waals surface area contributed by atoms with Crippen LogP contribution < -0.4 is 0 Å². The highest BCUT2D eigenvalue weighted by Crippen LogP contribution is 2.39. The summed E-state index contributed by atoms with van der Waals surface area (Å²) in [6.07, 6.45) is 0.941. The number of carbonyl (C=O) groups is 1. The monoisotopic (exact) mass is 440 g/mol. The molecule has 31 heavy (non-hydrogen) atoms. The Morgan fingerprint density at radius 2 is 2.19 bits per heavy atom. The van der Waals surface area contributed by atoms with Gasteiger partial charge in [0.2, 0.25) is 0 Å². The van der Waals surface area contributed by atoms with E-state index < -0.39 is 17.1 Å². The van der Waals surface area contributed by atoms with Gasteiger partial charge in [0.05, 0.1) is 34.3 Å². The van der Waals surface area contributed by atoms with Crippen molar-refractivity contribution < 1.29 is 18.9 Å². The predicted molar refractivity (Wildman–Crippen MR) is 115 cm³/mol. The van der Waals surface area contributed by atoms with Gasteiger partial charge in [-0.2, -0.15) is 5.26 Å². The molecule has 9 nitrogen and oxygen atoms in total. The summed E-state index contributed by atoms with van der Waals surface area (Å²) >= 11 is 1.17. The number of nitro benzene ring substituents is 1. The number of allylic oxidation sites excluding steroid dienone is 1. The molecule has 0 saturated carbocycles. The second-order valence-corrected chi connectivity index (χ2v) is 7.31. The van der Waals surface area contributed by atoms with Gasteiger partial charge in [-0.15, -0.1) is 0 Å². The van der Waals surface area contributed by atoms with Crippen molar-refractivity contribution in [3.8, 4) is 6.07 Å². The first kappa shape index (κ1) is 22.1. The van der Waals surface area contributed by atoms with Gasteiger partial charge >= 0.3 is 5.97 Å². The van der Waals surface area contributed by atoms with Crippen LogP contribution in [0.25, 0.3) is 0 Å². The molecule has 160 valence electrons. The number of furan rings is 1. The van der Waals surface area contributed by atoms with E-state index in [1.807, 2.05) is 11.8 Å². The number of esters is 1. The zero-order valence-corrected chi connectivity index (χ0v) is 17.8. The Morgan fingerprint density at radius 3 is 2.81 bits per heavy atom. The second kappa shape index (κ2) is 9.95. The van der Waals surface area contributed by atoms with Gasteiger partial charge in [0.1, 0.15) is 17.4 Å². The first-order chi connectivity index (χ1) is 15.0. The largest absolute Gasteiger partial charge is 0.465 e. The maximum atomic E-state index is 12.0. The van der Waals surface area contributed by atoms with E-state index in [4.69, 9.17) is 14.1 Å². The molecule has 0 saturated heterocycles. The average Bonchev–Trinajstić information content (AvgIpc) is 3.31. The number of rotatable bonds is 8. The lowest BCUT2D eigenvalue weighted by molar-refractivity contribution is -0.384. The topological polar surface area (TPSA) is 122 Å². The highest BCUT2D eigenvalue weighted by Gasteiger charge is 2.33. The van der Waals surface area contributed by atoms with Crippen molar-refractivity contribution in [2.45, 2.75) is 20.0 Å². The molecule has 1 aromatic heterocycles. The fraction of sp³-hybridized carbons (Fsp3) is 0.286. The summed E-state index contributed by atoms with van der Waals surface area (Å²) in [6.45, 7) is 4.38. The quantitative estimate of drug-likeness (QED) is 0.342. The number of nitriles is 1. The molecule has 0 radical (unpaired) electrons. The summed E-state index contributed by atoms with van der Waals surface area (Å²) in [6, 6.07) is 11.6. The van der Waals surface area contributed by atoms with Crippen molar-refractivity contribution >= 4 is 29.1 Å². The molecule has 1 aromatic carbocycles. The molecule has 0 N–H and O–H groups in total. The van der Waals surface area contributed by atoms with Gasteiger partial charge in [0.15, 0.2) is 6.17 Å². The van der Waals surface area contributed by atoms with E-state index in [0.717, 1.165) is 0 Å². The molecule has 1 aliphatic heterocycles. The zero-order valence-electron chi connectivity index (χ0n) is 17.0. The van der Waals surface area contributed by atoms with E-state index in [2.05, 4.69) is 6.07 Å². The fourth-order valence-electron chi connectivity index (χ4n) is 3.16. The third kappa shape index (κ3) is 4.78. The van der Waals surface area contributed by atoms with Gasteiger partial charge in [0, 0.05) is 24.2 Å². The molecule has 3 rings (SSSR count). The third-order valence-electron chi connectivity index (χ3n) is 4.47. The van der Waals surface area contributed by atoms with Crippen molar-refractivity contribution in [1.29, 1.82) is 5.26 Å². The van der Waals surface area contributed by atoms with Crippen molar-refractivity contribution in [1.82, 2.24) is 4.90 Å². The third-order valence-corrected chi connectivity index (χ3v) is 5.56. The summed E-state index contributed by atoms with van der Waals surface area (Å²) in [7, 11) is 0. The predicted octanol–water partition coefficient (Wildman–Crippen LogP) is 4.04. The van der Waals surface area contributed by atoms with Crippen LogP contribution in [0.1, 0.15) is 31.3 Å². The normalized spacial score (nSPS) is 16.0. The van der Waals surface area contributed by atoms with E-state index in [-0.39, 0.29) is 23.6 Å². The number of benzene rings is 1. The summed E-state index contributed by atoms with van der Waals surface area (Å²) in [5.41, 5.74) is 0.876. The van der Waals surface area contributed by atoms with E-state index >= 15 is 0 Å². The SMILES string of the molecule is CCOC(=O)CSC1=C(C#N)C(c2cccc([N+](=O)[O-])c2)=NC(c2ccco2)N1CC. The van der Waals surface area contributed by atoms with Crippen LogP contribution >= 0.6 is 11.8 Å². The number of hydrogen-bond donors (Lipinski definition) is 0. The number of thioether (sulfide) groups is 1. The minimum Gasteiger partial charge on any atom is -0.465 e. The number of ether oxygens (including phenoxy) is 1. The van der Waals surface area contributed by atoms with Gasteiger partial charge in [0.25, 0.3) is 5.69 Å². The Kier molecular flexibility index (Phi) is 7.10. The van der Waals surface area contributed by atoms with Gasteiger partial charge in [-0.3, -0.25) is 19.9 Å². The number of nitro groups is 1. The van der Waals surface area contributed by atoms with E-state index in [9.17, 15) is 20.2 Å². The molecule has 2 aromatic rings. The lowest BCUT2D eigenvalue weighted by atomic mass is 10.0. The van der Waals surface area contributed by atoms with Crippen molar-refractivity contribution in [2.75, 3.05) is 18.9 Å². The maximum absolute atomic E-state index is 12.0. The first-order valence-electron chi connectivity index (χ1n) is 9.55. The highest BCUT2D eigenvalue weighted by atomic mass is 32.2. The minimum absolute atomic E-state index is 0.0119. The van der Waals surface area contributed by atoms with Gasteiger partial charge in [-0.1, -0.05) is 23.9 Å². The maximum Gasteiger partial charge on any atom is 0.316 e. The fourth-order valence-corrected chi connectivity index (χ4v) is 4.18. The van der Waals surface area contributed by atoms with Crippen LogP contribution in [-0.4, -0.2) is 40.4 Å². The highest BCUT2D eigenvalue weighted by molar-refractivity contribution is 8.03. The Hall–Kier alpha value is -3.58. The second-order valence-electron chi connectivity index (χ2n) is 6.35. The average molecular weight is 440 g/mol. The number of aliphatic imine (C=N–C) groups is 1. The van der Waals surface area contributed by atoms with Crippen LogP contribution in [0, 0.1) is 21.4 Å². The Balaban J connectivity index is 2.13. The van der Waals surface area contributed by atoms with Crippen molar-refractivity contribution in [3.05, 3.63) is 74.7 Å². The smallest absolute Gasteiger partial charge is 0.316 e. The molecule has 0 amide bonds.